The Kier molecular flexibility index (Phi) is 22.9. The molecule has 0 aromatic heterocycles. The third-order valence-electron chi connectivity index (χ3n) is 3.69. The number of aliphatic carboxylic acids is 2. The van der Waals surface area contributed by atoms with Crippen LogP contribution in [0.2, 0.25) is 0 Å². The molecule has 0 aromatic carbocycles. The molecule has 0 unspecified atom stereocenters. The van der Waals surface area contributed by atoms with Gasteiger partial charge in [-0.2, -0.15) is 0 Å². The van der Waals surface area contributed by atoms with Gasteiger partial charge in [0.1, 0.15) is 0 Å². The molecule has 0 aliphatic carbocycles. The summed E-state index contributed by atoms with van der Waals surface area (Å²) < 4.78 is 0. The lowest BCUT2D eigenvalue weighted by molar-refractivity contribution is -0.138. The Morgan fingerprint density at radius 3 is 1.00 bits per heavy atom. The zero-order valence-corrected chi connectivity index (χ0v) is 15.2. The van der Waals surface area contributed by atoms with Crippen LogP contribution in [0.1, 0.15) is 89.9 Å². The van der Waals surface area contributed by atoms with E-state index in [1.807, 2.05) is 0 Å². The molecule has 0 fully saturated rings. The summed E-state index contributed by atoms with van der Waals surface area (Å²) in [6, 6.07) is 0. The van der Waals surface area contributed by atoms with Crippen LogP contribution in [-0.2, 0) is 9.59 Å². The third kappa shape index (κ3) is 28.9. The van der Waals surface area contributed by atoms with E-state index in [9.17, 15) is 9.59 Å². The first-order valence-electron chi connectivity index (χ1n) is 9.38. The van der Waals surface area contributed by atoms with Crippen molar-refractivity contribution in [1.29, 1.82) is 0 Å². The van der Waals surface area contributed by atoms with E-state index in [4.69, 9.17) is 21.7 Å². The molecule has 0 bridgehead atoms. The van der Waals surface area contributed by atoms with Gasteiger partial charge in [0.15, 0.2) is 0 Å². The molecule has 0 spiro atoms. The van der Waals surface area contributed by atoms with E-state index < -0.39 is 11.9 Å². The molecule has 0 atom stereocenters. The second-order valence-electron chi connectivity index (χ2n) is 6.11. The van der Waals surface area contributed by atoms with Crippen molar-refractivity contribution in [3.05, 3.63) is 0 Å². The lowest BCUT2D eigenvalue weighted by Crippen LogP contribution is -2.00. The van der Waals surface area contributed by atoms with Gasteiger partial charge in [0.2, 0.25) is 0 Å². The second kappa shape index (κ2) is 21.9. The van der Waals surface area contributed by atoms with E-state index >= 15 is 0 Å². The fraction of sp³-hybridized carbons (Fsp3) is 0.889. The number of rotatable bonds is 16. The Hall–Kier alpha value is -1.14. The lowest BCUT2D eigenvalue weighted by atomic mass is 10.1. The van der Waals surface area contributed by atoms with Crippen LogP contribution >= 0.6 is 0 Å². The van der Waals surface area contributed by atoms with Crippen molar-refractivity contribution in [1.82, 2.24) is 0 Å². The minimum absolute atomic E-state index is 0.276. The highest BCUT2D eigenvalue weighted by molar-refractivity contribution is 5.66. The van der Waals surface area contributed by atoms with Gasteiger partial charge >= 0.3 is 11.9 Å². The van der Waals surface area contributed by atoms with Crippen LogP contribution in [0.25, 0.3) is 0 Å². The van der Waals surface area contributed by atoms with Gasteiger partial charge in [-0.1, -0.05) is 51.4 Å². The standard InChI is InChI=1S/C12H22O4.C6H16N2/c13-11(14)9-7-5-3-1-2-4-6-8-10-12(15)16;7-5-3-1-2-4-6-8/h1-10H2,(H,13,14)(H,15,16);1-8H2. The zero-order valence-electron chi connectivity index (χ0n) is 15.2. The van der Waals surface area contributed by atoms with Crippen molar-refractivity contribution in [3.8, 4) is 0 Å². The number of nitrogens with two attached hydrogens (primary N) is 2. The minimum atomic E-state index is -0.714. The summed E-state index contributed by atoms with van der Waals surface area (Å²) in [7, 11) is 0. The summed E-state index contributed by atoms with van der Waals surface area (Å²) in [6.45, 7) is 1.65. The summed E-state index contributed by atoms with van der Waals surface area (Å²) in [6.07, 6.45) is 13.3. The van der Waals surface area contributed by atoms with Gasteiger partial charge in [-0.05, 0) is 38.8 Å². The topological polar surface area (TPSA) is 127 Å². The van der Waals surface area contributed by atoms with E-state index in [0.29, 0.717) is 0 Å². The van der Waals surface area contributed by atoms with Gasteiger partial charge in [-0.3, -0.25) is 9.59 Å². The maximum atomic E-state index is 10.2. The van der Waals surface area contributed by atoms with Crippen molar-refractivity contribution in [2.45, 2.75) is 89.9 Å². The fourth-order valence-electron chi connectivity index (χ4n) is 2.26. The number of carbonyl (C=O) groups is 2. The number of hydrogen-bond donors (Lipinski definition) is 4. The summed E-state index contributed by atoms with van der Waals surface area (Å²) in [4.78, 5) is 20.4. The largest absolute Gasteiger partial charge is 0.481 e. The molecule has 0 saturated carbocycles. The summed E-state index contributed by atoms with van der Waals surface area (Å²) in [5.41, 5.74) is 10.6. The summed E-state index contributed by atoms with van der Waals surface area (Å²) in [5, 5.41) is 16.8. The Morgan fingerprint density at radius 2 is 0.750 bits per heavy atom. The number of hydrogen-bond acceptors (Lipinski definition) is 4. The van der Waals surface area contributed by atoms with Crippen molar-refractivity contribution in [2.24, 2.45) is 11.5 Å². The summed E-state index contributed by atoms with van der Waals surface area (Å²) in [5.74, 6) is -1.43. The van der Waals surface area contributed by atoms with Crippen LogP contribution in [0.3, 0.4) is 0 Å². The Morgan fingerprint density at radius 1 is 0.500 bits per heavy atom. The van der Waals surface area contributed by atoms with Gasteiger partial charge < -0.3 is 21.7 Å². The molecule has 0 aliphatic heterocycles. The predicted molar refractivity (Wildman–Crippen MR) is 98.0 cm³/mol. The van der Waals surface area contributed by atoms with E-state index in [1.54, 1.807) is 0 Å². The molecule has 6 N–H and O–H groups in total. The van der Waals surface area contributed by atoms with Crippen molar-refractivity contribution in [3.63, 3.8) is 0 Å². The van der Waals surface area contributed by atoms with Crippen molar-refractivity contribution in [2.75, 3.05) is 13.1 Å². The fourth-order valence-corrected chi connectivity index (χ4v) is 2.26. The van der Waals surface area contributed by atoms with Gasteiger partial charge in [0, 0.05) is 12.8 Å². The molecule has 0 aromatic rings. The van der Waals surface area contributed by atoms with E-state index in [1.165, 1.54) is 12.8 Å². The quantitative estimate of drug-likeness (QED) is 0.317. The van der Waals surface area contributed by atoms with Crippen molar-refractivity contribution < 1.29 is 19.8 Å². The average molecular weight is 347 g/mol. The van der Waals surface area contributed by atoms with E-state index in [2.05, 4.69) is 0 Å². The van der Waals surface area contributed by atoms with Crippen molar-refractivity contribution >= 4 is 11.9 Å². The molecule has 24 heavy (non-hydrogen) atoms. The number of unbranched alkanes of at least 4 members (excludes halogenated alkanes) is 10. The predicted octanol–water partition coefficient (Wildman–Crippen LogP) is 3.52. The Labute approximate surface area is 147 Å². The van der Waals surface area contributed by atoms with Crippen LogP contribution in [0.5, 0.6) is 0 Å². The zero-order chi connectivity index (χ0) is 18.5. The van der Waals surface area contributed by atoms with E-state index in [-0.39, 0.29) is 12.8 Å². The highest BCUT2D eigenvalue weighted by Crippen LogP contribution is 2.10. The normalized spacial score (nSPS) is 10.1. The maximum Gasteiger partial charge on any atom is 0.303 e. The van der Waals surface area contributed by atoms with Gasteiger partial charge in [0.05, 0.1) is 0 Å². The van der Waals surface area contributed by atoms with Crippen LogP contribution in [0.4, 0.5) is 0 Å². The lowest BCUT2D eigenvalue weighted by Gasteiger charge is -2.00. The first-order chi connectivity index (χ1) is 11.5. The summed E-state index contributed by atoms with van der Waals surface area (Å²) >= 11 is 0. The van der Waals surface area contributed by atoms with E-state index in [0.717, 1.165) is 77.3 Å². The molecule has 0 radical (unpaired) electrons. The molecule has 0 saturated heterocycles. The third-order valence-corrected chi connectivity index (χ3v) is 3.69. The highest BCUT2D eigenvalue weighted by atomic mass is 16.4. The second-order valence-corrected chi connectivity index (χ2v) is 6.11. The highest BCUT2D eigenvalue weighted by Gasteiger charge is 1.98. The SMILES string of the molecule is NCCCCCCN.O=C(O)CCCCCCCCCCC(=O)O. The Bertz CT molecular complexity index is 258. The molecule has 0 amide bonds. The molecule has 0 rings (SSSR count). The van der Waals surface area contributed by atoms with Crippen LogP contribution in [0, 0.1) is 0 Å². The Balaban J connectivity index is 0. The molecule has 6 heteroatoms. The van der Waals surface area contributed by atoms with Gasteiger partial charge in [-0.15, -0.1) is 0 Å². The van der Waals surface area contributed by atoms with Crippen LogP contribution in [0.15, 0.2) is 0 Å². The molecular weight excluding hydrogens is 308 g/mol. The maximum absolute atomic E-state index is 10.2. The molecule has 0 aliphatic rings. The van der Waals surface area contributed by atoms with Crippen LogP contribution < -0.4 is 11.5 Å². The van der Waals surface area contributed by atoms with Gasteiger partial charge in [0.25, 0.3) is 0 Å². The average Bonchev–Trinajstić information content (AvgIpc) is 2.53. The van der Waals surface area contributed by atoms with Crippen LogP contribution in [-0.4, -0.2) is 35.2 Å². The molecule has 0 heterocycles. The molecule has 6 nitrogen and oxygen atoms in total. The minimum Gasteiger partial charge on any atom is -0.481 e. The molecule has 144 valence electrons. The smallest absolute Gasteiger partial charge is 0.303 e. The number of carboxylic acid groups (broad SMARTS) is 2. The monoisotopic (exact) mass is 346 g/mol. The number of carboxylic acids is 2. The first-order valence-corrected chi connectivity index (χ1v) is 9.38. The first kappa shape index (κ1) is 25.1. The molecular formula is C18H38N2O4. The van der Waals surface area contributed by atoms with Gasteiger partial charge in [-0.25, -0.2) is 0 Å².